The van der Waals surface area contributed by atoms with Gasteiger partial charge in [0.2, 0.25) is 0 Å². The second kappa shape index (κ2) is 1.43. The Hall–Kier alpha value is -0.690. The molecule has 7 heavy (non-hydrogen) atoms. The summed E-state index contributed by atoms with van der Waals surface area (Å²) in [6.07, 6.45) is 0. The summed E-state index contributed by atoms with van der Waals surface area (Å²) in [5.41, 5.74) is 0. The fraction of sp³-hybridized carbons (Fsp3) is 0. The van der Waals surface area contributed by atoms with Crippen molar-refractivity contribution in [3.05, 3.63) is 10.1 Å². The Balaban J connectivity index is 4.43. The van der Waals surface area contributed by atoms with Gasteiger partial charge in [-0.05, 0) is 4.55 Å². The highest BCUT2D eigenvalue weighted by atomic mass is 32.2. The fourth-order valence-corrected chi connectivity index (χ4v) is 0. The molecule has 0 amide bonds. The maximum Gasteiger partial charge on any atom is 0.595 e. The number of hydrogen-bond donors (Lipinski definition) is 0. The predicted octanol–water partition coefficient (Wildman–Crippen LogP) is -1.06. The Morgan fingerprint density at radius 1 is 1.43 bits per heavy atom. The third-order valence-electron chi connectivity index (χ3n) is 0.183. The summed E-state index contributed by atoms with van der Waals surface area (Å²) in [5, 5.41) is 8.93. The molecule has 0 aromatic carbocycles. The van der Waals surface area contributed by atoms with E-state index in [1.807, 2.05) is 0 Å². The molecule has 0 fully saturated rings. The quantitative estimate of drug-likeness (QED) is 0.330. The van der Waals surface area contributed by atoms with Crippen LogP contribution >= 0.6 is 0 Å². The molecule has 0 saturated heterocycles. The van der Waals surface area contributed by atoms with E-state index in [0.29, 0.717) is 0 Å². The minimum Gasteiger partial charge on any atom is -0.245 e. The summed E-state index contributed by atoms with van der Waals surface area (Å²) in [6.45, 7) is 0. The van der Waals surface area contributed by atoms with E-state index in [-0.39, 0.29) is 0 Å². The molecule has 0 unspecified atom stereocenters. The van der Waals surface area contributed by atoms with Crippen molar-refractivity contribution in [1.82, 2.24) is 0 Å². The highest BCUT2D eigenvalue weighted by Crippen LogP contribution is 1.79. The second-order valence-electron chi connectivity index (χ2n) is 0.651. The van der Waals surface area contributed by atoms with E-state index >= 15 is 0 Å². The third-order valence-corrected chi connectivity index (χ3v) is 0.548. The van der Waals surface area contributed by atoms with Crippen LogP contribution in [0.15, 0.2) is 0 Å². The van der Waals surface area contributed by atoms with Crippen LogP contribution in [0.3, 0.4) is 0 Å². The van der Waals surface area contributed by atoms with E-state index in [2.05, 4.69) is 0 Å². The molecule has 0 bridgehead atoms. The van der Waals surface area contributed by atoms with Gasteiger partial charge in [0.05, 0.1) is 0 Å². The molecule has 0 heterocycles. The SMILES string of the molecule is [O]S(=O)(=O)[N+](=O)[O-]. The molecule has 0 atom stereocenters. The molecule has 41 valence electrons. The van der Waals surface area contributed by atoms with Gasteiger partial charge in [-0.2, -0.15) is 0 Å². The molecular formula is NO5S. The summed E-state index contributed by atoms with van der Waals surface area (Å²) in [7, 11) is -5.27. The van der Waals surface area contributed by atoms with Crippen LogP contribution < -0.4 is 0 Å². The lowest BCUT2D eigenvalue weighted by Gasteiger charge is -1.73. The van der Waals surface area contributed by atoms with E-state index in [9.17, 15) is 0 Å². The van der Waals surface area contributed by atoms with Crippen molar-refractivity contribution < 1.29 is 17.3 Å². The maximum absolute atomic E-state index is 9.08. The highest BCUT2D eigenvalue weighted by molar-refractivity contribution is 7.79. The zero-order valence-corrected chi connectivity index (χ0v) is 3.71. The predicted molar refractivity (Wildman–Crippen MR) is 16.6 cm³/mol. The zero-order chi connectivity index (χ0) is 6.08. The van der Waals surface area contributed by atoms with Crippen molar-refractivity contribution in [2.75, 3.05) is 0 Å². The maximum atomic E-state index is 9.08. The Morgan fingerprint density at radius 2 is 1.57 bits per heavy atom. The summed E-state index contributed by atoms with van der Waals surface area (Å²) >= 11 is 0. The van der Waals surface area contributed by atoms with Crippen LogP contribution in [-0.2, 0) is 14.9 Å². The molecule has 6 nitrogen and oxygen atoms in total. The summed E-state index contributed by atoms with van der Waals surface area (Å²) in [6, 6.07) is 0. The van der Waals surface area contributed by atoms with E-state index in [4.69, 9.17) is 23.1 Å². The van der Waals surface area contributed by atoms with Gasteiger partial charge in [0.15, 0.2) is 4.33 Å². The Labute approximate surface area is 38.8 Å². The summed E-state index contributed by atoms with van der Waals surface area (Å²) in [4.78, 5) is 8.93. The molecule has 0 aromatic heterocycles. The van der Waals surface area contributed by atoms with Crippen molar-refractivity contribution >= 4 is 10.3 Å². The van der Waals surface area contributed by atoms with E-state index in [0.717, 1.165) is 0 Å². The smallest absolute Gasteiger partial charge is 0.245 e. The standard InChI is InChI=1S/NO5S/c2-1(3)7(4,5)6. The van der Waals surface area contributed by atoms with Crippen LogP contribution in [0.4, 0.5) is 0 Å². The molecule has 0 aliphatic carbocycles. The van der Waals surface area contributed by atoms with Gasteiger partial charge in [-0.25, -0.2) is 10.1 Å². The number of rotatable bonds is 1. The van der Waals surface area contributed by atoms with Gasteiger partial charge >= 0.3 is 10.3 Å². The normalized spacial score (nSPS) is 11.0. The molecule has 0 saturated carbocycles. The molecule has 0 rings (SSSR count). The highest BCUT2D eigenvalue weighted by Gasteiger charge is 2.19. The van der Waals surface area contributed by atoms with Crippen LogP contribution in [-0.4, -0.2) is 12.7 Å². The van der Waals surface area contributed by atoms with Crippen LogP contribution in [0.1, 0.15) is 0 Å². The van der Waals surface area contributed by atoms with E-state index in [1.165, 1.54) is 0 Å². The zero-order valence-electron chi connectivity index (χ0n) is 2.90. The molecule has 1 radical (unpaired) electrons. The minimum absolute atomic E-state index is 1.90. The second-order valence-corrected chi connectivity index (χ2v) is 1.80. The average molecular weight is 126 g/mol. The topological polar surface area (TPSA) is 97.2 Å². The monoisotopic (exact) mass is 126 g/mol. The van der Waals surface area contributed by atoms with Gasteiger partial charge in [-0.3, -0.25) is 0 Å². The van der Waals surface area contributed by atoms with Crippen LogP contribution in [0.2, 0.25) is 0 Å². The molecule has 0 aromatic rings. The van der Waals surface area contributed by atoms with E-state index < -0.39 is 14.6 Å². The molecule has 0 aliphatic rings. The molecule has 7 heteroatoms. The largest absolute Gasteiger partial charge is 0.595 e. The fourth-order valence-electron chi connectivity index (χ4n) is 0. The van der Waals surface area contributed by atoms with Gasteiger partial charge in [-0.15, -0.1) is 8.42 Å². The van der Waals surface area contributed by atoms with Gasteiger partial charge < -0.3 is 0 Å². The number of nitro groups is 1. The molecule has 0 spiro atoms. The first-order valence-corrected chi connectivity index (χ1v) is 2.41. The number of hydrogen-bond acceptors (Lipinski definition) is 4. The first-order valence-electron chi connectivity index (χ1n) is 1.05. The summed E-state index contributed by atoms with van der Waals surface area (Å²) in [5.74, 6) is 0. The Bertz CT molecular complexity index is 163. The van der Waals surface area contributed by atoms with Crippen LogP contribution in [0, 0.1) is 10.1 Å². The van der Waals surface area contributed by atoms with Crippen LogP contribution in [0.5, 0.6) is 0 Å². The first-order chi connectivity index (χ1) is 2.94. The Kier molecular flexibility index (Phi) is 1.29. The average Bonchev–Trinajstić information content (AvgIpc) is 1.31. The lowest BCUT2D eigenvalue weighted by molar-refractivity contribution is -0.319. The van der Waals surface area contributed by atoms with Crippen molar-refractivity contribution in [3.63, 3.8) is 0 Å². The Morgan fingerprint density at radius 3 is 1.57 bits per heavy atom. The van der Waals surface area contributed by atoms with Gasteiger partial charge in [0.1, 0.15) is 0 Å². The van der Waals surface area contributed by atoms with Crippen molar-refractivity contribution in [2.45, 2.75) is 0 Å². The lowest BCUT2D eigenvalue weighted by Crippen LogP contribution is -2.07. The molecule has 0 N–H and O–H groups in total. The minimum atomic E-state index is -5.27. The molecular weight excluding hydrogens is 126 g/mol. The van der Waals surface area contributed by atoms with Crippen molar-refractivity contribution in [2.24, 2.45) is 0 Å². The number of nitrogens with zero attached hydrogens (tertiary/aromatic N) is 1. The lowest BCUT2D eigenvalue weighted by atomic mass is 13.4. The third kappa shape index (κ3) is 2.06. The van der Waals surface area contributed by atoms with Crippen LogP contribution in [0.25, 0.3) is 0 Å². The van der Waals surface area contributed by atoms with Crippen molar-refractivity contribution in [1.29, 1.82) is 0 Å². The van der Waals surface area contributed by atoms with Crippen molar-refractivity contribution in [3.8, 4) is 0 Å². The first kappa shape index (κ1) is 6.31. The summed E-state index contributed by atoms with van der Waals surface area (Å²) < 4.78 is 25.3. The van der Waals surface area contributed by atoms with Gasteiger partial charge in [0.25, 0.3) is 0 Å². The van der Waals surface area contributed by atoms with Gasteiger partial charge in [-0.1, -0.05) is 0 Å². The van der Waals surface area contributed by atoms with E-state index in [1.54, 1.807) is 0 Å². The van der Waals surface area contributed by atoms with Gasteiger partial charge in [0, 0.05) is 0 Å². The molecule has 0 aliphatic heterocycles.